The predicted molar refractivity (Wildman–Crippen MR) is 106 cm³/mol. The minimum atomic E-state index is -0.543. The molecule has 1 aliphatic rings. The second kappa shape index (κ2) is 6.89. The minimum Gasteiger partial charge on any atom is -0.381 e. The lowest BCUT2D eigenvalue weighted by molar-refractivity contribution is 0.0662. The van der Waals surface area contributed by atoms with E-state index >= 15 is 0 Å². The predicted octanol–water partition coefficient (Wildman–Crippen LogP) is 4.00. The number of hydrogen-bond donors (Lipinski definition) is 0. The Bertz CT molecular complexity index is 1210. The van der Waals surface area contributed by atoms with Gasteiger partial charge in [-0.05, 0) is 60.7 Å². The van der Waals surface area contributed by atoms with Crippen LogP contribution in [0.4, 0.5) is 0 Å². The molecule has 1 saturated heterocycles. The number of benzene rings is 1. The fourth-order valence-electron chi connectivity index (χ4n) is 3.66. The van der Waals surface area contributed by atoms with E-state index in [0.29, 0.717) is 26.1 Å². The zero-order chi connectivity index (χ0) is 19.0. The Labute approximate surface area is 166 Å². The molecule has 3 aromatic heterocycles. The van der Waals surface area contributed by atoms with Crippen LogP contribution in [0.15, 0.2) is 64.8 Å². The van der Waals surface area contributed by atoms with Crippen molar-refractivity contribution in [2.24, 2.45) is 0 Å². The molecular weight excluding hydrogens is 370 g/mol. The molecule has 1 aromatic carbocycles. The molecule has 1 fully saturated rings. The molecule has 5 rings (SSSR count). The highest BCUT2D eigenvalue weighted by Gasteiger charge is 2.36. The summed E-state index contributed by atoms with van der Waals surface area (Å²) in [6.07, 6.45) is 3.11. The Hall–Kier alpha value is -2.95. The van der Waals surface area contributed by atoms with Crippen molar-refractivity contribution in [2.75, 3.05) is 13.2 Å². The normalized spacial score (nSPS) is 16.2. The molecule has 4 aromatic rings. The van der Waals surface area contributed by atoms with Gasteiger partial charge in [-0.15, -0.1) is 10.2 Å². The van der Waals surface area contributed by atoms with Gasteiger partial charge >= 0.3 is 0 Å². The third-order valence-electron chi connectivity index (χ3n) is 5.24. The van der Waals surface area contributed by atoms with Crippen LogP contribution in [0.1, 0.15) is 18.5 Å². The molecule has 28 heavy (non-hydrogen) atoms. The van der Waals surface area contributed by atoms with Crippen molar-refractivity contribution >= 4 is 28.3 Å². The quantitative estimate of drug-likeness (QED) is 0.529. The molecule has 0 spiro atoms. The van der Waals surface area contributed by atoms with E-state index in [1.54, 1.807) is 18.1 Å². The Morgan fingerprint density at radius 3 is 2.86 bits per heavy atom. The van der Waals surface area contributed by atoms with Gasteiger partial charge in [-0.2, -0.15) is 5.26 Å². The SMILES string of the molecule is N#CC1(c2cccc(Sc3ccc4c(ccc5nncn54)c3)n2)CCOCC1. The first kappa shape index (κ1) is 17.2. The Balaban J connectivity index is 1.47. The van der Waals surface area contributed by atoms with Gasteiger partial charge < -0.3 is 4.74 Å². The number of nitrogens with zero attached hydrogens (tertiary/aromatic N) is 5. The van der Waals surface area contributed by atoms with E-state index in [1.165, 1.54) is 0 Å². The first-order valence-electron chi connectivity index (χ1n) is 9.14. The molecule has 0 amide bonds. The van der Waals surface area contributed by atoms with Gasteiger partial charge in [0, 0.05) is 18.1 Å². The van der Waals surface area contributed by atoms with Crippen LogP contribution >= 0.6 is 11.8 Å². The summed E-state index contributed by atoms with van der Waals surface area (Å²) < 4.78 is 7.42. The molecule has 7 heteroatoms. The fraction of sp³-hybridized carbons (Fsp3) is 0.238. The molecule has 6 nitrogen and oxygen atoms in total. The molecule has 0 unspecified atom stereocenters. The van der Waals surface area contributed by atoms with Gasteiger partial charge in [0.2, 0.25) is 0 Å². The third kappa shape index (κ3) is 2.91. The number of pyridine rings is 2. The van der Waals surface area contributed by atoms with Crippen molar-refractivity contribution in [3.63, 3.8) is 0 Å². The van der Waals surface area contributed by atoms with Gasteiger partial charge in [0.1, 0.15) is 16.8 Å². The molecule has 0 atom stereocenters. The summed E-state index contributed by atoms with van der Waals surface area (Å²) in [6.45, 7) is 1.21. The first-order chi connectivity index (χ1) is 13.8. The number of ether oxygens (including phenoxy) is 1. The highest BCUT2D eigenvalue weighted by atomic mass is 32.2. The van der Waals surface area contributed by atoms with E-state index in [4.69, 9.17) is 9.72 Å². The summed E-state index contributed by atoms with van der Waals surface area (Å²) in [5, 5.41) is 19.9. The second-order valence-corrected chi connectivity index (χ2v) is 7.98. The van der Waals surface area contributed by atoms with Gasteiger partial charge in [0.05, 0.1) is 17.3 Å². The van der Waals surface area contributed by atoms with Gasteiger partial charge in [-0.1, -0.05) is 17.8 Å². The average Bonchev–Trinajstić information content (AvgIpc) is 3.23. The van der Waals surface area contributed by atoms with Crippen molar-refractivity contribution in [3.05, 3.63) is 60.6 Å². The molecule has 0 N–H and O–H groups in total. The van der Waals surface area contributed by atoms with Crippen LogP contribution in [0.5, 0.6) is 0 Å². The highest BCUT2D eigenvalue weighted by Crippen LogP contribution is 2.35. The standard InChI is InChI=1S/C21H17N5OS/c22-13-21(8-10-27-11-9-21)18-2-1-3-20(24-18)28-16-5-6-17-15(12-16)4-7-19-25-23-14-26(17)19/h1-7,12,14H,8-11H2. The lowest BCUT2D eigenvalue weighted by Crippen LogP contribution is -2.33. The summed E-state index contributed by atoms with van der Waals surface area (Å²) in [4.78, 5) is 5.92. The van der Waals surface area contributed by atoms with Crippen molar-refractivity contribution in [3.8, 4) is 6.07 Å². The number of fused-ring (bicyclic) bond motifs is 3. The Morgan fingerprint density at radius 2 is 2.00 bits per heavy atom. The minimum absolute atomic E-state index is 0.543. The zero-order valence-corrected chi connectivity index (χ0v) is 15.9. The smallest absolute Gasteiger partial charge is 0.161 e. The summed E-state index contributed by atoms with van der Waals surface area (Å²) in [5.74, 6) is 0. The summed E-state index contributed by atoms with van der Waals surface area (Å²) in [6, 6.07) is 18.8. The topological polar surface area (TPSA) is 76.1 Å². The number of hydrogen-bond acceptors (Lipinski definition) is 6. The largest absolute Gasteiger partial charge is 0.381 e. The van der Waals surface area contributed by atoms with Crippen molar-refractivity contribution in [1.29, 1.82) is 5.26 Å². The highest BCUT2D eigenvalue weighted by molar-refractivity contribution is 7.99. The van der Waals surface area contributed by atoms with E-state index in [-0.39, 0.29) is 0 Å². The summed E-state index contributed by atoms with van der Waals surface area (Å²) >= 11 is 1.60. The molecule has 0 saturated carbocycles. The van der Waals surface area contributed by atoms with Gasteiger partial charge in [-0.3, -0.25) is 4.40 Å². The molecule has 1 aliphatic heterocycles. The molecular formula is C21H17N5OS. The van der Waals surface area contributed by atoms with Gasteiger partial charge in [-0.25, -0.2) is 4.98 Å². The monoisotopic (exact) mass is 387 g/mol. The van der Waals surface area contributed by atoms with Crippen molar-refractivity contribution in [2.45, 2.75) is 28.2 Å². The van der Waals surface area contributed by atoms with E-state index in [0.717, 1.165) is 32.2 Å². The maximum absolute atomic E-state index is 9.80. The van der Waals surface area contributed by atoms with E-state index in [1.807, 2.05) is 28.7 Å². The van der Waals surface area contributed by atoms with Crippen molar-refractivity contribution < 1.29 is 4.74 Å². The third-order valence-corrected chi connectivity index (χ3v) is 6.17. The lowest BCUT2D eigenvalue weighted by atomic mass is 9.78. The maximum Gasteiger partial charge on any atom is 0.161 e. The first-order valence-corrected chi connectivity index (χ1v) is 9.96. The maximum atomic E-state index is 9.80. The van der Waals surface area contributed by atoms with Crippen LogP contribution in [0, 0.1) is 11.3 Å². The number of nitriles is 1. The summed E-state index contributed by atoms with van der Waals surface area (Å²) in [7, 11) is 0. The Kier molecular flexibility index (Phi) is 4.23. The average molecular weight is 387 g/mol. The van der Waals surface area contributed by atoms with E-state index < -0.39 is 5.41 Å². The fourth-order valence-corrected chi connectivity index (χ4v) is 4.51. The zero-order valence-electron chi connectivity index (χ0n) is 15.1. The van der Waals surface area contributed by atoms with Crippen LogP contribution < -0.4 is 0 Å². The van der Waals surface area contributed by atoms with Crippen LogP contribution in [-0.2, 0) is 10.2 Å². The van der Waals surface area contributed by atoms with Crippen LogP contribution in [0.3, 0.4) is 0 Å². The second-order valence-electron chi connectivity index (χ2n) is 6.88. The molecule has 0 bridgehead atoms. The van der Waals surface area contributed by atoms with Crippen LogP contribution in [0.25, 0.3) is 16.6 Å². The van der Waals surface area contributed by atoms with Crippen molar-refractivity contribution in [1.82, 2.24) is 19.6 Å². The molecule has 0 radical (unpaired) electrons. The van der Waals surface area contributed by atoms with E-state index in [9.17, 15) is 5.26 Å². The van der Waals surface area contributed by atoms with E-state index in [2.05, 4.69) is 40.5 Å². The van der Waals surface area contributed by atoms with Crippen LogP contribution in [-0.4, -0.2) is 32.8 Å². The molecule has 0 aliphatic carbocycles. The lowest BCUT2D eigenvalue weighted by Gasteiger charge is -2.30. The number of aromatic nitrogens is 4. The van der Waals surface area contributed by atoms with Gasteiger partial charge in [0.15, 0.2) is 5.65 Å². The van der Waals surface area contributed by atoms with Gasteiger partial charge in [0.25, 0.3) is 0 Å². The molecule has 4 heterocycles. The Morgan fingerprint density at radius 1 is 1.11 bits per heavy atom. The van der Waals surface area contributed by atoms with Crippen LogP contribution in [0.2, 0.25) is 0 Å². The number of rotatable bonds is 3. The molecule has 138 valence electrons. The summed E-state index contributed by atoms with van der Waals surface area (Å²) in [5.41, 5.74) is 2.20.